The predicted molar refractivity (Wildman–Crippen MR) is 91.3 cm³/mol. The Kier molecular flexibility index (Phi) is 4.17. The molecule has 2 fully saturated rings. The molecule has 1 N–H and O–H groups in total. The van der Waals surface area contributed by atoms with Crippen LogP contribution in [0.2, 0.25) is 0 Å². The van der Waals surface area contributed by atoms with E-state index in [0.29, 0.717) is 0 Å². The first-order chi connectivity index (χ1) is 11.2. The summed E-state index contributed by atoms with van der Waals surface area (Å²) < 4.78 is 13.4. The molecule has 1 aliphatic carbocycles. The highest BCUT2D eigenvalue weighted by atomic mass is 32.1. The molecular weight excluding hydrogens is 310 g/mol. The first-order valence-corrected chi connectivity index (χ1v) is 9.37. The van der Waals surface area contributed by atoms with Gasteiger partial charge in [-0.1, -0.05) is 0 Å². The molecule has 2 aromatic heterocycles. The van der Waals surface area contributed by atoms with Crippen molar-refractivity contribution in [1.82, 2.24) is 14.7 Å². The number of hydrogen-bond acceptors (Lipinski definition) is 5. The molecule has 1 saturated heterocycles. The highest BCUT2D eigenvalue weighted by Crippen LogP contribution is 2.42. The van der Waals surface area contributed by atoms with Gasteiger partial charge in [0.05, 0.1) is 18.0 Å². The second kappa shape index (κ2) is 6.16. The third kappa shape index (κ3) is 2.93. The lowest BCUT2D eigenvalue weighted by Gasteiger charge is -2.28. The third-order valence-electron chi connectivity index (χ3n) is 5.20. The maximum Gasteiger partial charge on any atom is 0.194 e. The molecule has 6 heteroatoms. The van der Waals surface area contributed by atoms with Gasteiger partial charge < -0.3 is 14.8 Å². The van der Waals surface area contributed by atoms with E-state index in [-0.39, 0.29) is 5.54 Å². The molecule has 2 aliphatic rings. The fourth-order valence-electron chi connectivity index (χ4n) is 3.51. The molecule has 0 radical (unpaired) electrons. The number of aromatic nitrogens is 2. The van der Waals surface area contributed by atoms with Crippen LogP contribution >= 0.6 is 11.3 Å². The minimum atomic E-state index is 0.0440. The van der Waals surface area contributed by atoms with Crippen molar-refractivity contribution in [3.8, 4) is 0 Å². The van der Waals surface area contributed by atoms with Gasteiger partial charge in [-0.15, -0.1) is 11.3 Å². The number of hydrogen-bond donors (Lipinski definition) is 1. The first-order valence-electron chi connectivity index (χ1n) is 8.49. The summed E-state index contributed by atoms with van der Waals surface area (Å²) in [4.78, 5) is 5.89. The van der Waals surface area contributed by atoms with Crippen LogP contribution in [-0.4, -0.2) is 41.9 Å². The zero-order valence-corrected chi connectivity index (χ0v) is 14.7. The summed E-state index contributed by atoms with van der Waals surface area (Å²) in [5, 5.41) is 6.07. The Bertz CT molecular complexity index is 683. The van der Waals surface area contributed by atoms with Gasteiger partial charge in [-0.25, -0.2) is 4.98 Å². The number of thiazole rings is 1. The Labute approximate surface area is 141 Å². The maximum absolute atomic E-state index is 5.66. The third-order valence-corrected chi connectivity index (χ3v) is 6.04. The fourth-order valence-corrected chi connectivity index (χ4v) is 4.55. The van der Waals surface area contributed by atoms with E-state index in [2.05, 4.69) is 22.0 Å². The lowest BCUT2D eigenvalue weighted by atomic mass is 9.94. The van der Waals surface area contributed by atoms with Gasteiger partial charge in [0, 0.05) is 49.4 Å². The van der Waals surface area contributed by atoms with E-state index < -0.39 is 0 Å². The monoisotopic (exact) mass is 335 g/mol. The number of methoxy groups -OCH3 is 1. The molecule has 4 rings (SSSR count). The van der Waals surface area contributed by atoms with Crippen molar-refractivity contribution in [1.29, 1.82) is 0 Å². The Morgan fingerprint density at radius 2 is 2.39 bits per heavy atom. The summed E-state index contributed by atoms with van der Waals surface area (Å²) in [5.41, 5.74) is 3.96. The SMILES string of the molecule is COCC[C@]1(NCc2c(C)nc3scc(C4CC4)n23)CCOC1. The lowest BCUT2D eigenvalue weighted by molar-refractivity contribution is 0.126. The topological polar surface area (TPSA) is 47.8 Å². The van der Waals surface area contributed by atoms with Crippen molar-refractivity contribution < 1.29 is 9.47 Å². The highest BCUT2D eigenvalue weighted by molar-refractivity contribution is 7.15. The molecule has 3 heterocycles. The summed E-state index contributed by atoms with van der Waals surface area (Å²) in [6.45, 7) is 5.35. The number of nitrogens with zero attached hydrogens (tertiary/aromatic N) is 2. The van der Waals surface area contributed by atoms with Crippen molar-refractivity contribution >= 4 is 16.3 Å². The number of aryl methyl sites for hydroxylation is 1. The van der Waals surface area contributed by atoms with E-state index in [1.54, 1.807) is 18.4 Å². The van der Waals surface area contributed by atoms with Crippen LogP contribution in [0.3, 0.4) is 0 Å². The fraction of sp³-hybridized carbons (Fsp3) is 0.706. The van der Waals surface area contributed by atoms with Crippen molar-refractivity contribution in [2.45, 2.75) is 50.6 Å². The number of ether oxygens (including phenoxy) is 2. The van der Waals surface area contributed by atoms with Crippen LogP contribution in [0.4, 0.5) is 0 Å². The minimum absolute atomic E-state index is 0.0440. The molecule has 5 nitrogen and oxygen atoms in total. The molecule has 1 atom stereocenters. The molecule has 0 bridgehead atoms. The van der Waals surface area contributed by atoms with Gasteiger partial charge in [0.15, 0.2) is 4.96 Å². The smallest absolute Gasteiger partial charge is 0.194 e. The van der Waals surface area contributed by atoms with Crippen LogP contribution in [-0.2, 0) is 16.0 Å². The van der Waals surface area contributed by atoms with Gasteiger partial charge in [0.2, 0.25) is 0 Å². The van der Waals surface area contributed by atoms with Crippen molar-refractivity contribution in [3.05, 3.63) is 22.5 Å². The Morgan fingerprint density at radius 3 is 3.09 bits per heavy atom. The van der Waals surface area contributed by atoms with Crippen LogP contribution in [0, 0.1) is 6.92 Å². The van der Waals surface area contributed by atoms with Crippen LogP contribution in [0.25, 0.3) is 4.96 Å². The standard InChI is InChI=1S/C17H25N3O2S/c1-12-14(9-18-17(5-7-21-2)6-8-22-11-17)20-15(13-3-4-13)10-23-16(20)19-12/h10,13,18H,3-9,11H2,1-2H3/t17-/m0/s1. The summed E-state index contributed by atoms with van der Waals surface area (Å²) in [6, 6.07) is 0. The van der Waals surface area contributed by atoms with E-state index in [1.807, 2.05) is 0 Å². The first kappa shape index (κ1) is 15.6. The Morgan fingerprint density at radius 1 is 1.52 bits per heavy atom. The average Bonchev–Trinajstić information content (AvgIpc) is 3.01. The zero-order chi connectivity index (χ0) is 15.9. The maximum atomic E-state index is 5.66. The quantitative estimate of drug-likeness (QED) is 0.845. The van der Waals surface area contributed by atoms with Gasteiger partial charge in [-0.2, -0.15) is 0 Å². The highest BCUT2D eigenvalue weighted by Gasteiger charge is 2.35. The molecule has 1 aliphatic heterocycles. The summed E-state index contributed by atoms with van der Waals surface area (Å²) >= 11 is 1.77. The van der Waals surface area contributed by atoms with Gasteiger partial charge in [0.1, 0.15) is 0 Å². The largest absolute Gasteiger partial charge is 0.385 e. The lowest BCUT2D eigenvalue weighted by Crippen LogP contribution is -2.46. The van der Waals surface area contributed by atoms with E-state index in [0.717, 1.165) is 55.8 Å². The molecule has 126 valence electrons. The Hall–Kier alpha value is -0.950. The molecule has 0 amide bonds. The molecule has 2 aromatic rings. The number of fused-ring (bicyclic) bond motifs is 1. The van der Waals surface area contributed by atoms with E-state index >= 15 is 0 Å². The van der Waals surface area contributed by atoms with E-state index in [9.17, 15) is 0 Å². The van der Waals surface area contributed by atoms with Gasteiger partial charge in [-0.3, -0.25) is 4.40 Å². The van der Waals surface area contributed by atoms with Crippen LogP contribution in [0.1, 0.15) is 48.7 Å². The van der Waals surface area contributed by atoms with Crippen molar-refractivity contribution in [2.24, 2.45) is 0 Å². The minimum Gasteiger partial charge on any atom is -0.385 e. The summed E-state index contributed by atoms with van der Waals surface area (Å²) in [7, 11) is 1.77. The van der Waals surface area contributed by atoms with Crippen LogP contribution in [0.5, 0.6) is 0 Å². The molecule has 23 heavy (non-hydrogen) atoms. The average molecular weight is 335 g/mol. The molecule has 0 aromatic carbocycles. The van der Waals surface area contributed by atoms with Crippen molar-refractivity contribution in [3.63, 3.8) is 0 Å². The second-order valence-corrected chi connectivity index (χ2v) is 7.71. The molecular formula is C17H25N3O2S. The number of rotatable bonds is 7. The number of imidazole rings is 1. The van der Waals surface area contributed by atoms with Crippen LogP contribution < -0.4 is 5.32 Å². The summed E-state index contributed by atoms with van der Waals surface area (Å²) in [5.74, 6) is 0.744. The van der Waals surface area contributed by atoms with E-state index in [1.165, 1.54) is 24.2 Å². The van der Waals surface area contributed by atoms with Crippen molar-refractivity contribution in [2.75, 3.05) is 26.9 Å². The number of nitrogens with one attached hydrogen (secondary N) is 1. The zero-order valence-electron chi connectivity index (χ0n) is 13.9. The molecule has 0 unspecified atom stereocenters. The summed E-state index contributed by atoms with van der Waals surface area (Å²) in [6.07, 6.45) is 4.68. The normalized spacial score (nSPS) is 24.8. The van der Waals surface area contributed by atoms with Crippen LogP contribution in [0.15, 0.2) is 5.38 Å². The van der Waals surface area contributed by atoms with Gasteiger partial charge in [0.25, 0.3) is 0 Å². The van der Waals surface area contributed by atoms with Gasteiger partial charge in [-0.05, 0) is 32.6 Å². The predicted octanol–water partition coefficient (Wildman–Crippen LogP) is 2.87. The van der Waals surface area contributed by atoms with Gasteiger partial charge >= 0.3 is 0 Å². The Balaban J connectivity index is 1.57. The van der Waals surface area contributed by atoms with E-state index in [4.69, 9.17) is 14.5 Å². The molecule has 1 saturated carbocycles. The molecule has 0 spiro atoms. The second-order valence-electron chi connectivity index (χ2n) is 6.88.